The maximum absolute atomic E-state index is 13.6. The van der Waals surface area contributed by atoms with Crippen LogP contribution in [0.2, 0.25) is 0 Å². The van der Waals surface area contributed by atoms with E-state index >= 15 is 0 Å². The van der Waals surface area contributed by atoms with Gasteiger partial charge in [-0.3, -0.25) is 4.79 Å². The normalized spacial score (nSPS) is 20.0. The van der Waals surface area contributed by atoms with E-state index in [9.17, 15) is 9.59 Å². The lowest BCUT2D eigenvalue weighted by molar-refractivity contribution is -0.140. The summed E-state index contributed by atoms with van der Waals surface area (Å²) in [6.07, 6.45) is 1.09. The first-order valence-electron chi connectivity index (χ1n) is 11.7. The lowest BCUT2D eigenvalue weighted by atomic mass is 9.71. The van der Waals surface area contributed by atoms with E-state index in [1.165, 1.54) is 0 Å². The van der Waals surface area contributed by atoms with Gasteiger partial charge in [-0.25, -0.2) is 4.79 Å². The monoisotopic (exact) mass is 461 g/mol. The fourth-order valence-corrected chi connectivity index (χ4v) is 4.90. The summed E-state index contributed by atoms with van der Waals surface area (Å²) in [7, 11) is 1.60. The minimum Gasteiger partial charge on any atom is -0.496 e. The van der Waals surface area contributed by atoms with Gasteiger partial charge in [0.1, 0.15) is 12.4 Å². The van der Waals surface area contributed by atoms with E-state index in [0.717, 1.165) is 16.8 Å². The highest BCUT2D eigenvalue weighted by molar-refractivity contribution is 6.04. The molecule has 1 heterocycles. The Morgan fingerprint density at radius 3 is 2.50 bits per heavy atom. The number of allylic oxidation sites excluding steroid dienone is 3. The molecular formula is C28H31NO5. The number of ketones is 1. The Hall–Kier alpha value is -3.38. The number of esters is 1. The molecular weight excluding hydrogens is 430 g/mol. The Labute approximate surface area is 200 Å². The second kappa shape index (κ2) is 10.7. The molecule has 1 aliphatic heterocycles. The molecule has 0 saturated heterocycles. The molecule has 0 saturated carbocycles. The van der Waals surface area contributed by atoms with E-state index in [0.29, 0.717) is 48.6 Å². The van der Waals surface area contributed by atoms with Crippen molar-refractivity contribution >= 4 is 11.8 Å². The van der Waals surface area contributed by atoms with E-state index in [4.69, 9.17) is 14.2 Å². The van der Waals surface area contributed by atoms with Gasteiger partial charge in [-0.15, -0.1) is 0 Å². The van der Waals surface area contributed by atoms with E-state index in [2.05, 4.69) is 17.4 Å². The Bertz CT molecular complexity index is 1120. The van der Waals surface area contributed by atoms with E-state index in [1.54, 1.807) is 7.11 Å². The van der Waals surface area contributed by atoms with Gasteiger partial charge in [0, 0.05) is 35.6 Å². The molecule has 6 heteroatoms. The van der Waals surface area contributed by atoms with Crippen molar-refractivity contribution in [3.63, 3.8) is 0 Å². The average Bonchev–Trinajstić information content (AvgIpc) is 2.86. The second-order valence-corrected chi connectivity index (χ2v) is 8.50. The zero-order valence-electron chi connectivity index (χ0n) is 19.9. The summed E-state index contributed by atoms with van der Waals surface area (Å²) in [5.41, 5.74) is 4.54. The fraction of sp³-hybridized carbons (Fsp3) is 0.357. The van der Waals surface area contributed by atoms with Gasteiger partial charge in [-0.05, 0) is 37.8 Å². The molecule has 2 atom stereocenters. The van der Waals surface area contributed by atoms with Crippen LogP contribution in [0.5, 0.6) is 5.75 Å². The standard InChI is InChI=1S/C28H31NO5/c1-4-33-14-15-34-28(31)25-18(2)29-22-16-20(19-10-6-5-7-11-19)17-23(30)27(22)26(25)21-12-8-9-13-24(21)32-3/h5-13,20,26,29H,4,14-17H2,1-3H3/t20-,26+/m0/s1. The minimum atomic E-state index is -0.559. The van der Waals surface area contributed by atoms with Crippen LogP contribution in [-0.4, -0.2) is 38.7 Å². The van der Waals surface area contributed by atoms with Crippen molar-refractivity contribution in [2.75, 3.05) is 26.9 Å². The third-order valence-corrected chi connectivity index (χ3v) is 6.43. The predicted molar refractivity (Wildman–Crippen MR) is 129 cm³/mol. The van der Waals surface area contributed by atoms with E-state index in [1.807, 2.05) is 56.3 Å². The molecule has 0 radical (unpaired) electrons. The van der Waals surface area contributed by atoms with Crippen molar-refractivity contribution < 1.29 is 23.8 Å². The maximum atomic E-state index is 13.6. The average molecular weight is 462 g/mol. The molecule has 1 aliphatic carbocycles. The zero-order chi connectivity index (χ0) is 24.1. The summed E-state index contributed by atoms with van der Waals surface area (Å²) in [6.45, 7) is 4.79. The van der Waals surface area contributed by atoms with E-state index < -0.39 is 11.9 Å². The van der Waals surface area contributed by atoms with Gasteiger partial charge in [0.25, 0.3) is 0 Å². The molecule has 2 aromatic carbocycles. The number of hydrogen-bond donors (Lipinski definition) is 1. The van der Waals surface area contributed by atoms with Gasteiger partial charge >= 0.3 is 5.97 Å². The molecule has 178 valence electrons. The molecule has 4 rings (SSSR count). The molecule has 0 aromatic heterocycles. The van der Waals surface area contributed by atoms with E-state index in [-0.39, 0.29) is 18.3 Å². The van der Waals surface area contributed by atoms with Crippen molar-refractivity contribution in [1.82, 2.24) is 5.32 Å². The van der Waals surface area contributed by atoms with Gasteiger partial charge in [0.05, 0.1) is 25.2 Å². The summed E-state index contributed by atoms with van der Waals surface area (Å²) in [6, 6.07) is 17.6. The van der Waals surface area contributed by atoms with Crippen LogP contribution in [0.3, 0.4) is 0 Å². The van der Waals surface area contributed by atoms with Crippen LogP contribution in [0.1, 0.15) is 49.7 Å². The lowest BCUT2D eigenvalue weighted by Crippen LogP contribution is -2.36. The van der Waals surface area contributed by atoms with Crippen LogP contribution in [0.25, 0.3) is 0 Å². The molecule has 6 nitrogen and oxygen atoms in total. The number of methoxy groups -OCH3 is 1. The third kappa shape index (κ3) is 4.77. The van der Waals surface area contributed by atoms with Crippen LogP contribution in [0, 0.1) is 0 Å². The molecule has 1 N–H and O–H groups in total. The third-order valence-electron chi connectivity index (χ3n) is 6.43. The number of rotatable bonds is 8. The number of nitrogens with one attached hydrogen (secondary N) is 1. The van der Waals surface area contributed by atoms with Gasteiger partial charge in [-0.2, -0.15) is 0 Å². The summed E-state index contributed by atoms with van der Waals surface area (Å²) < 4.78 is 16.5. The lowest BCUT2D eigenvalue weighted by Gasteiger charge is -2.37. The fourth-order valence-electron chi connectivity index (χ4n) is 4.90. The predicted octanol–water partition coefficient (Wildman–Crippen LogP) is 4.64. The Kier molecular flexibility index (Phi) is 7.48. The largest absolute Gasteiger partial charge is 0.496 e. The minimum absolute atomic E-state index is 0.0330. The number of dihydropyridines is 1. The first kappa shape index (κ1) is 23.8. The molecule has 2 aromatic rings. The van der Waals surface area contributed by atoms with Crippen molar-refractivity contribution in [3.8, 4) is 5.75 Å². The zero-order valence-corrected chi connectivity index (χ0v) is 19.9. The topological polar surface area (TPSA) is 73.9 Å². The second-order valence-electron chi connectivity index (χ2n) is 8.50. The number of Topliss-reactive ketones (excluding diaryl/α,β-unsaturated/α-hetero) is 1. The van der Waals surface area contributed by atoms with Gasteiger partial charge in [-0.1, -0.05) is 48.5 Å². The van der Waals surface area contributed by atoms with Crippen molar-refractivity contribution in [1.29, 1.82) is 0 Å². The maximum Gasteiger partial charge on any atom is 0.336 e. The number of ether oxygens (including phenoxy) is 3. The summed E-state index contributed by atoms with van der Waals surface area (Å²) in [5.74, 6) is -0.260. The van der Waals surface area contributed by atoms with Crippen LogP contribution in [0.4, 0.5) is 0 Å². The van der Waals surface area contributed by atoms with Gasteiger partial charge in [0.2, 0.25) is 0 Å². The van der Waals surface area contributed by atoms with Crippen LogP contribution < -0.4 is 10.1 Å². The summed E-state index contributed by atoms with van der Waals surface area (Å²) in [4.78, 5) is 26.9. The number of para-hydroxylation sites is 1. The van der Waals surface area contributed by atoms with Gasteiger partial charge in [0.15, 0.2) is 5.78 Å². The Balaban J connectivity index is 1.75. The van der Waals surface area contributed by atoms with Crippen molar-refractivity contribution in [3.05, 3.63) is 88.3 Å². The summed E-state index contributed by atoms with van der Waals surface area (Å²) >= 11 is 0. The van der Waals surface area contributed by atoms with Gasteiger partial charge < -0.3 is 19.5 Å². The van der Waals surface area contributed by atoms with Crippen LogP contribution in [0.15, 0.2) is 77.1 Å². The number of carbonyl (C=O) groups excluding carboxylic acids is 2. The van der Waals surface area contributed by atoms with Crippen molar-refractivity contribution in [2.24, 2.45) is 0 Å². The quantitative estimate of drug-likeness (QED) is 0.456. The van der Waals surface area contributed by atoms with Crippen molar-refractivity contribution in [2.45, 2.75) is 38.5 Å². The molecule has 34 heavy (non-hydrogen) atoms. The Morgan fingerprint density at radius 2 is 1.76 bits per heavy atom. The number of hydrogen-bond acceptors (Lipinski definition) is 6. The highest BCUT2D eigenvalue weighted by Gasteiger charge is 2.42. The number of benzene rings is 2. The molecule has 0 fully saturated rings. The molecule has 0 amide bonds. The van der Waals surface area contributed by atoms with Crippen LogP contribution >= 0.6 is 0 Å². The van der Waals surface area contributed by atoms with Crippen LogP contribution in [-0.2, 0) is 19.1 Å². The highest BCUT2D eigenvalue weighted by Crippen LogP contribution is 2.47. The molecule has 0 bridgehead atoms. The molecule has 2 aliphatic rings. The SMILES string of the molecule is CCOCCOC(=O)C1=C(C)NC2=C(C(=O)C[C@@H](c3ccccc3)C2)[C@@H]1c1ccccc1OC. The smallest absolute Gasteiger partial charge is 0.336 e. The first-order valence-corrected chi connectivity index (χ1v) is 11.7. The molecule has 0 unspecified atom stereocenters. The first-order chi connectivity index (χ1) is 16.5. The summed E-state index contributed by atoms with van der Waals surface area (Å²) in [5, 5.41) is 3.38. The molecule has 0 spiro atoms. The highest BCUT2D eigenvalue weighted by atomic mass is 16.6. The number of carbonyl (C=O) groups is 2. The Morgan fingerprint density at radius 1 is 1.03 bits per heavy atom.